The van der Waals surface area contributed by atoms with Crippen LogP contribution in [-0.2, 0) is 9.53 Å². The van der Waals surface area contributed by atoms with Crippen molar-refractivity contribution in [1.82, 2.24) is 0 Å². The molecule has 0 N–H and O–H groups in total. The molecule has 0 radical (unpaired) electrons. The van der Waals surface area contributed by atoms with Gasteiger partial charge in [0.25, 0.3) is 0 Å². The Hall–Kier alpha value is -0.370. The molecule has 0 aromatic carbocycles. The Morgan fingerprint density at radius 1 is 1.42 bits per heavy atom. The van der Waals surface area contributed by atoms with Gasteiger partial charge in [-0.2, -0.15) is 0 Å². The van der Waals surface area contributed by atoms with Crippen LogP contribution < -0.4 is 0 Å². The molecular formula is C10H20O2. The standard InChI is InChI=1S/C10H20O2/c1-5-8(2)6-7-10(12-4)9(3)11/h8,10H,5-7H2,1-4H3. The highest BCUT2D eigenvalue weighted by Crippen LogP contribution is 2.13. The lowest BCUT2D eigenvalue weighted by molar-refractivity contribution is -0.127. The van der Waals surface area contributed by atoms with Gasteiger partial charge in [0.15, 0.2) is 5.78 Å². The summed E-state index contributed by atoms with van der Waals surface area (Å²) in [6, 6.07) is 0. The Morgan fingerprint density at radius 2 is 2.00 bits per heavy atom. The maximum Gasteiger partial charge on any atom is 0.158 e. The van der Waals surface area contributed by atoms with E-state index in [-0.39, 0.29) is 11.9 Å². The summed E-state index contributed by atoms with van der Waals surface area (Å²) in [6.45, 7) is 5.96. The minimum absolute atomic E-state index is 0.140. The van der Waals surface area contributed by atoms with Crippen molar-refractivity contribution < 1.29 is 9.53 Å². The molecule has 0 aromatic rings. The van der Waals surface area contributed by atoms with Crippen LogP contribution in [0.5, 0.6) is 0 Å². The van der Waals surface area contributed by atoms with Crippen LogP contribution in [0.1, 0.15) is 40.0 Å². The Balaban J connectivity index is 3.65. The van der Waals surface area contributed by atoms with Gasteiger partial charge in [-0.15, -0.1) is 0 Å². The van der Waals surface area contributed by atoms with Crippen molar-refractivity contribution in [2.45, 2.75) is 46.1 Å². The first-order valence-corrected chi connectivity index (χ1v) is 4.65. The number of hydrogen-bond donors (Lipinski definition) is 0. The van der Waals surface area contributed by atoms with Gasteiger partial charge in [-0.25, -0.2) is 0 Å². The third kappa shape index (κ3) is 4.50. The highest BCUT2D eigenvalue weighted by atomic mass is 16.5. The van der Waals surface area contributed by atoms with Crippen LogP contribution in [0.25, 0.3) is 0 Å². The average Bonchev–Trinajstić information content (AvgIpc) is 2.04. The zero-order chi connectivity index (χ0) is 9.56. The van der Waals surface area contributed by atoms with Gasteiger partial charge in [0.05, 0.1) is 0 Å². The van der Waals surface area contributed by atoms with Crippen LogP contribution in [0.2, 0.25) is 0 Å². The summed E-state index contributed by atoms with van der Waals surface area (Å²) in [4.78, 5) is 11.0. The fraction of sp³-hybridized carbons (Fsp3) is 0.900. The number of ether oxygens (including phenoxy) is 1. The first-order chi connectivity index (χ1) is 5.61. The highest BCUT2D eigenvalue weighted by Gasteiger charge is 2.13. The monoisotopic (exact) mass is 172 g/mol. The number of rotatable bonds is 6. The summed E-state index contributed by atoms with van der Waals surface area (Å²) < 4.78 is 5.06. The molecule has 2 nitrogen and oxygen atoms in total. The summed E-state index contributed by atoms with van der Waals surface area (Å²) in [5, 5.41) is 0. The van der Waals surface area contributed by atoms with Gasteiger partial charge in [0.1, 0.15) is 6.10 Å². The van der Waals surface area contributed by atoms with Crippen molar-refractivity contribution in [3.05, 3.63) is 0 Å². The number of carbonyl (C=O) groups is 1. The fourth-order valence-electron chi connectivity index (χ4n) is 1.13. The number of Topliss-reactive ketones (excluding diaryl/α,β-unsaturated/α-hetero) is 1. The van der Waals surface area contributed by atoms with Gasteiger partial charge in [0.2, 0.25) is 0 Å². The van der Waals surface area contributed by atoms with Crippen LogP contribution in [0.15, 0.2) is 0 Å². The number of methoxy groups -OCH3 is 1. The Morgan fingerprint density at radius 3 is 2.33 bits per heavy atom. The molecule has 0 aromatic heterocycles. The molecule has 0 amide bonds. The van der Waals surface area contributed by atoms with E-state index in [1.54, 1.807) is 14.0 Å². The van der Waals surface area contributed by atoms with Gasteiger partial charge in [-0.3, -0.25) is 4.79 Å². The smallest absolute Gasteiger partial charge is 0.158 e. The summed E-state index contributed by atoms with van der Waals surface area (Å²) in [5.74, 6) is 0.836. The van der Waals surface area contributed by atoms with Gasteiger partial charge < -0.3 is 4.74 Å². The van der Waals surface area contributed by atoms with Crippen molar-refractivity contribution in [1.29, 1.82) is 0 Å². The highest BCUT2D eigenvalue weighted by molar-refractivity contribution is 5.80. The number of ketones is 1. The second-order valence-electron chi connectivity index (χ2n) is 3.43. The van der Waals surface area contributed by atoms with Crippen molar-refractivity contribution >= 4 is 5.78 Å². The lowest BCUT2D eigenvalue weighted by Gasteiger charge is -2.14. The number of carbonyl (C=O) groups excluding carboxylic acids is 1. The zero-order valence-corrected chi connectivity index (χ0v) is 8.59. The van der Waals surface area contributed by atoms with E-state index in [1.807, 2.05) is 0 Å². The fourth-order valence-corrected chi connectivity index (χ4v) is 1.13. The van der Waals surface area contributed by atoms with Crippen LogP contribution in [0.3, 0.4) is 0 Å². The Labute approximate surface area is 75.3 Å². The lowest BCUT2D eigenvalue weighted by atomic mass is 9.99. The number of hydrogen-bond acceptors (Lipinski definition) is 2. The zero-order valence-electron chi connectivity index (χ0n) is 8.59. The molecule has 0 heterocycles. The molecule has 72 valence electrons. The summed E-state index contributed by atoms with van der Waals surface area (Å²) in [6.07, 6.45) is 2.93. The van der Waals surface area contributed by atoms with E-state index in [2.05, 4.69) is 13.8 Å². The van der Waals surface area contributed by atoms with Crippen molar-refractivity contribution in [3.8, 4) is 0 Å². The molecule has 0 fully saturated rings. The molecule has 12 heavy (non-hydrogen) atoms. The summed E-state index contributed by atoms with van der Waals surface area (Å²) >= 11 is 0. The van der Waals surface area contributed by atoms with Gasteiger partial charge in [0, 0.05) is 7.11 Å². The molecular weight excluding hydrogens is 152 g/mol. The predicted molar refractivity (Wildman–Crippen MR) is 50.2 cm³/mol. The third-order valence-corrected chi connectivity index (χ3v) is 2.36. The van der Waals surface area contributed by atoms with E-state index in [0.29, 0.717) is 5.92 Å². The van der Waals surface area contributed by atoms with Crippen LogP contribution in [0, 0.1) is 5.92 Å². The van der Waals surface area contributed by atoms with Crippen molar-refractivity contribution in [2.24, 2.45) is 5.92 Å². The molecule has 0 aliphatic carbocycles. The Bertz CT molecular complexity index is 132. The predicted octanol–water partition coefficient (Wildman–Crippen LogP) is 2.42. The molecule has 0 aliphatic rings. The van der Waals surface area contributed by atoms with E-state index in [9.17, 15) is 4.79 Å². The quantitative estimate of drug-likeness (QED) is 0.615. The van der Waals surface area contributed by atoms with Crippen LogP contribution in [-0.4, -0.2) is 19.0 Å². The first kappa shape index (κ1) is 11.6. The first-order valence-electron chi connectivity index (χ1n) is 4.65. The minimum atomic E-state index is -0.181. The molecule has 2 unspecified atom stereocenters. The molecule has 0 bridgehead atoms. The van der Waals surface area contributed by atoms with Gasteiger partial charge >= 0.3 is 0 Å². The van der Waals surface area contributed by atoms with Gasteiger partial charge in [-0.05, 0) is 25.7 Å². The molecule has 0 aliphatic heterocycles. The van der Waals surface area contributed by atoms with E-state index in [1.165, 1.54) is 6.42 Å². The second kappa shape index (κ2) is 6.18. The third-order valence-electron chi connectivity index (χ3n) is 2.36. The molecule has 0 saturated carbocycles. The van der Waals surface area contributed by atoms with E-state index < -0.39 is 0 Å². The van der Waals surface area contributed by atoms with Crippen molar-refractivity contribution in [2.75, 3.05) is 7.11 Å². The second-order valence-corrected chi connectivity index (χ2v) is 3.43. The summed E-state index contributed by atoms with van der Waals surface area (Å²) in [7, 11) is 1.60. The molecule has 0 rings (SSSR count). The van der Waals surface area contributed by atoms with Crippen molar-refractivity contribution in [3.63, 3.8) is 0 Å². The maximum absolute atomic E-state index is 11.0. The average molecular weight is 172 g/mol. The molecule has 0 saturated heterocycles. The molecule has 2 atom stereocenters. The van der Waals surface area contributed by atoms with Gasteiger partial charge in [-0.1, -0.05) is 20.3 Å². The molecule has 2 heteroatoms. The van der Waals surface area contributed by atoms with Crippen LogP contribution in [0.4, 0.5) is 0 Å². The normalized spacial score (nSPS) is 15.7. The van der Waals surface area contributed by atoms with E-state index >= 15 is 0 Å². The largest absolute Gasteiger partial charge is 0.374 e. The SMILES string of the molecule is CCC(C)CCC(OC)C(C)=O. The topological polar surface area (TPSA) is 26.3 Å². The van der Waals surface area contributed by atoms with Crippen LogP contribution >= 0.6 is 0 Å². The minimum Gasteiger partial charge on any atom is -0.374 e. The summed E-state index contributed by atoms with van der Waals surface area (Å²) in [5.41, 5.74) is 0. The lowest BCUT2D eigenvalue weighted by Crippen LogP contribution is -2.20. The molecule has 0 spiro atoms. The van der Waals surface area contributed by atoms with E-state index in [4.69, 9.17) is 4.74 Å². The maximum atomic E-state index is 11.0. The van der Waals surface area contributed by atoms with E-state index in [0.717, 1.165) is 12.8 Å². The Kier molecular flexibility index (Phi) is 5.99.